The topological polar surface area (TPSA) is 58.6 Å². The molecule has 0 unspecified atom stereocenters. The van der Waals surface area contributed by atoms with Gasteiger partial charge in [-0.05, 0) is 18.8 Å². The third kappa shape index (κ3) is 3.27. The van der Waals surface area contributed by atoms with Crippen molar-refractivity contribution in [2.75, 3.05) is 20.3 Å². The molecule has 1 saturated carbocycles. The molecule has 0 heterocycles. The van der Waals surface area contributed by atoms with E-state index in [0.717, 1.165) is 12.8 Å². The van der Waals surface area contributed by atoms with Gasteiger partial charge in [-0.3, -0.25) is 4.79 Å². The van der Waals surface area contributed by atoms with Crippen molar-refractivity contribution in [2.45, 2.75) is 31.7 Å². The minimum absolute atomic E-state index is 0.207. The maximum atomic E-state index is 10.9. The van der Waals surface area contributed by atoms with E-state index in [0.29, 0.717) is 5.92 Å². The van der Waals surface area contributed by atoms with Crippen LogP contribution in [-0.4, -0.2) is 37.4 Å². The summed E-state index contributed by atoms with van der Waals surface area (Å²) in [5, 5.41) is 12.3. The van der Waals surface area contributed by atoms with Gasteiger partial charge in [0.15, 0.2) is 0 Å². The lowest BCUT2D eigenvalue weighted by molar-refractivity contribution is -0.139. The van der Waals surface area contributed by atoms with E-state index in [1.165, 1.54) is 20.0 Å². The third-order valence-corrected chi connectivity index (χ3v) is 2.88. The van der Waals surface area contributed by atoms with Gasteiger partial charge in [-0.1, -0.05) is 12.8 Å². The molecule has 82 valence electrons. The second-order valence-electron chi connectivity index (χ2n) is 3.79. The van der Waals surface area contributed by atoms with E-state index in [1.54, 1.807) is 0 Å². The highest BCUT2D eigenvalue weighted by Crippen LogP contribution is 2.23. The maximum Gasteiger partial charge on any atom is 0.319 e. The summed E-state index contributed by atoms with van der Waals surface area (Å²) in [7, 11) is 1.38. The van der Waals surface area contributed by atoms with Gasteiger partial charge < -0.3 is 15.2 Å². The molecule has 0 spiro atoms. The summed E-state index contributed by atoms with van der Waals surface area (Å²) in [6, 6.07) is 0.271. The fourth-order valence-corrected chi connectivity index (χ4v) is 1.98. The first kappa shape index (κ1) is 11.5. The number of methoxy groups -OCH3 is 1. The van der Waals surface area contributed by atoms with Crippen LogP contribution in [-0.2, 0) is 9.53 Å². The summed E-state index contributed by atoms with van der Waals surface area (Å²) < 4.78 is 4.55. The van der Waals surface area contributed by atoms with Crippen LogP contribution < -0.4 is 5.32 Å². The van der Waals surface area contributed by atoms with Crippen LogP contribution in [0, 0.1) is 5.92 Å². The molecule has 0 bridgehead atoms. The van der Waals surface area contributed by atoms with Gasteiger partial charge in [0.1, 0.15) is 0 Å². The van der Waals surface area contributed by atoms with Crippen molar-refractivity contribution >= 4 is 5.97 Å². The first-order valence-electron chi connectivity index (χ1n) is 5.19. The van der Waals surface area contributed by atoms with Crippen LogP contribution in [0.3, 0.4) is 0 Å². The Hall–Kier alpha value is -0.610. The molecule has 0 aliphatic heterocycles. The minimum Gasteiger partial charge on any atom is -0.468 e. The van der Waals surface area contributed by atoms with Gasteiger partial charge in [0, 0.05) is 12.6 Å². The number of rotatable bonds is 4. The van der Waals surface area contributed by atoms with Gasteiger partial charge in [0.05, 0.1) is 13.7 Å². The Balaban J connectivity index is 2.29. The fraction of sp³-hybridized carbons (Fsp3) is 0.900. The van der Waals surface area contributed by atoms with Crippen molar-refractivity contribution in [3.63, 3.8) is 0 Å². The Morgan fingerprint density at radius 2 is 2.21 bits per heavy atom. The first-order chi connectivity index (χ1) is 6.77. The summed E-state index contributed by atoms with van der Waals surface area (Å²) in [4.78, 5) is 10.9. The van der Waals surface area contributed by atoms with Crippen LogP contribution >= 0.6 is 0 Å². The van der Waals surface area contributed by atoms with Crippen molar-refractivity contribution < 1.29 is 14.6 Å². The molecule has 0 aromatic rings. The summed E-state index contributed by atoms with van der Waals surface area (Å²) >= 11 is 0. The van der Waals surface area contributed by atoms with E-state index in [-0.39, 0.29) is 25.2 Å². The molecule has 2 N–H and O–H groups in total. The Labute approximate surface area is 84.6 Å². The van der Waals surface area contributed by atoms with Gasteiger partial charge in [0.25, 0.3) is 0 Å². The van der Waals surface area contributed by atoms with Crippen LogP contribution in [0.4, 0.5) is 0 Å². The van der Waals surface area contributed by atoms with Gasteiger partial charge in [-0.15, -0.1) is 0 Å². The first-order valence-corrected chi connectivity index (χ1v) is 5.19. The summed E-state index contributed by atoms with van der Waals surface area (Å²) in [6.45, 7) is 0.455. The Morgan fingerprint density at radius 3 is 2.86 bits per heavy atom. The average Bonchev–Trinajstić information content (AvgIpc) is 2.26. The zero-order chi connectivity index (χ0) is 10.4. The Morgan fingerprint density at radius 1 is 1.50 bits per heavy atom. The van der Waals surface area contributed by atoms with Crippen LogP contribution in [0.5, 0.6) is 0 Å². The molecule has 0 aromatic carbocycles. The molecule has 4 heteroatoms. The van der Waals surface area contributed by atoms with Crippen LogP contribution in [0.15, 0.2) is 0 Å². The number of nitrogens with one attached hydrogen (secondary N) is 1. The number of esters is 1. The molecule has 4 nitrogen and oxygen atoms in total. The number of hydrogen-bond donors (Lipinski definition) is 2. The zero-order valence-corrected chi connectivity index (χ0v) is 8.66. The number of ether oxygens (including phenoxy) is 1. The highest BCUT2D eigenvalue weighted by atomic mass is 16.5. The van der Waals surface area contributed by atoms with E-state index in [4.69, 9.17) is 5.11 Å². The standard InChI is InChI=1S/C10H19NO3/c1-14-10(13)6-11-9-5-3-2-4-8(9)7-12/h8-9,11-12H,2-7H2,1H3/t8-,9+/m0/s1. The predicted octanol–water partition coefficient (Wildman–Crippen LogP) is 0.300. The quantitative estimate of drug-likeness (QED) is 0.642. The van der Waals surface area contributed by atoms with E-state index in [9.17, 15) is 4.79 Å². The lowest BCUT2D eigenvalue weighted by Gasteiger charge is -2.30. The SMILES string of the molecule is COC(=O)CN[C@@H]1CCCC[C@H]1CO. The summed E-state index contributed by atoms with van der Waals surface area (Å²) in [5.41, 5.74) is 0. The smallest absolute Gasteiger partial charge is 0.319 e. The number of aliphatic hydroxyl groups is 1. The second-order valence-corrected chi connectivity index (χ2v) is 3.79. The second kappa shape index (κ2) is 5.98. The molecule has 1 aliphatic rings. The Kier molecular flexibility index (Phi) is 4.90. The molecular weight excluding hydrogens is 182 g/mol. The van der Waals surface area contributed by atoms with Gasteiger partial charge in [-0.25, -0.2) is 0 Å². The molecule has 2 atom stereocenters. The van der Waals surface area contributed by atoms with Gasteiger partial charge >= 0.3 is 5.97 Å². The molecule has 1 fully saturated rings. The minimum atomic E-state index is -0.243. The van der Waals surface area contributed by atoms with Crippen molar-refractivity contribution in [3.8, 4) is 0 Å². The van der Waals surface area contributed by atoms with Gasteiger partial charge in [-0.2, -0.15) is 0 Å². The summed E-state index contributed by atoms with van der Waals surface area (Å²) in [5.74, 6) is 0.0562. The van der Waals surface area contributed by atoms with E-state index >= 15 is 0 Å². The number of hydrogen-bond acceptors (Lipinski definition) is 4. The number of carbonyl (C=O) groups is 1. The van der Waals surface area contributed by atoms with Crippen molar-refractivity contribution in [2.24, 2.45) is 5.92 Å². The lowest BCUT2D eigenvalue weighted by atomic mass is 9.85. The molecule has 14 heavy (non-hydrogen) atoms. The number of carbonyl (C=O) groups excluding carboxylic acids is 1. The average molecular weight is 201 g/mol. The highest BCUT2D eigenvalue weighted by Gasteiger charge is 2.24. The third-order valence-electron chi connectivity index (χ3n) is 2.88. The normalized spacial score (nSPS) is 27.3. The molecular formula is C10H19NO3. The monoisotopic (exact) mass is 201 g/mol. The highest BCUT2D eigenvalue weighted by molar-refractivity contribution is 5.71. The molecule has 1 rings (SSSR count). The van der Waals surface area contributed by atoms with Crippen molar-refractivity contribution in [3.05, 3.63) is 0 Å². The fourth-order valence-electron chi connectivity index (χ4n) is 1.98. The predicted molar refractivity (Wildman–Crippen MR) is 52.9 cm³/mol. The van der Waals surface area contributed by atoms with E-state index in [1.807, 2.05) is 0 Å². The zero-order valence-electron chi connectivity index (χ0n) is 8.66. The lowest BCUT2D eigenvalue weighted by Crippen LogP contribution is -2.42. The van der Waals surface area contributed by atoms with Gasteiger partial charge in [0.2, 0.25) is 0 Å². The summed E-state index contributed by atoms with van der Waals surface area (Å²) in [6.07, 6.45) is 4.45. The Bertz CT molecular complexity index is 184. The largest absolute Gasteiger partial charge is 0.468 e. The van der Waals surface area contributed by atoms with Crippen LogP contribution in [0.2, 0.25) is 0 Å². The molecule has 0 saturated heterocycles. The van der Waals surface area contributed by atoms with E-state index < -0.39 is 0 Å². The number of aliphatic hydroxyl groups excluding tert-OH is 1. The molecule has 0 amide bonds. The van der Waals surface area contributed by atoms with E-state index in [2.05, 4.69) is 10.1 Å². The van der Waals surface area contributed by atoms with Crippen LogP contribution in [0.1, 0.15) is 25.7 Å². The molecule has 0 aromatic heterocycles. The maximum absolute atomic E-state index is 10.9. The van der Waals surface area contributed by atoms with Crippen LogP contribution in [0.25, 0.3) is 0 Å². The molecule has 1 aliphatic carbocycles. The molecule has 0 radical (unpaired) electrons. The van der Waals surface area contributed by atoms with Crippen molar-refractivity contribution in [1.29, 1.82) is 0 Å². The van der Waals surface area contributed by atoms with Crippen molar-refractivity contribution in [1.82, 2.24) is 5.32 Å².